The van der Waals surface area contributed by atoms with Gasteiger partial charge < -0.3 is 25.1 Å². The Hall–Kier alpha value is -4.34. The van der Waals surface area contributed by atoms with E-state index in [1.165, 1.54) is 6.20 Å². The number of carbonyl (C=O) groups is 2. The minimum absolute atomic E-state index is 0.114. The molecule has 1 aromatic carbocycles. The van der Waals surface area contributed by atoms with E-state index < -0.39 is 11.2 Å². The van der Waals surface area contributed by atoms with Crippen molar-refractivity contribution in [3.05, 3.63) is 71.1 Å². The lowest BCUT2D eigenvalue weighted by Gasteiger charge is -2.27. The average Bonchev–Trinajstić information content (AvgIpc) is 3.71. The zero-order chi connectivity index (χ0) is 31.9. The zero-order valence-corrected chi connectivity index (χ0v) is 26.7. The standard InChI is InChI=1S/C34H46N6O4/c1-33(2,3)43-31(41)39-19-7-9-28(39)23-36-26(21-35)17-15-24-11-13-25(14-12-24)16-18-27-22-37-30(38-27)29-10-8-20-40(29)32(42)44-34(4,5)6/h11-18,21-23,28-29H,7-10,19-20,35H2,1-6H3,(H,37,38)/b17-15+,18-16+,26-21-,36-23+/t28-,29?/m0/s1. The quantitative estimate of drug-likeness (QED) is 0.261. The van der Waals surface area contributed by atoms with Crippen LogP contribution in [0.5, 0.6) is 0 Å². The fourth-order valence-electron chi connectivity index (χ4n) is 5.09. The molecule has 0 saturated carbocycles. The van der Waals surface area contributed by atoms with Gasteiger partial charge in [0.15, 0.2) is 0 Å². The van der Waals surface area contributed by atoms with E-state index in [1.807, 2.05) is 90.1 Å². The van der Waals surface area contributed by atoms with Gasteiger partial charge in [0.1, 0.15) is 17.0 Å². The third kappa shape index (κ3) is 9.33. The van der Waals surface area contributed by atoms with Crippen molar-refractivity contribution in [2.75, 3.05) is 13.1 Å². The molecule has 2 saturated heterocycles. The largest absolute Gasteiger partial charge is 0.444 e. The maximum absolute atomic E-state index is 12.7. The molecule has 2 aliphatic rings. The van der Waals surface area contributed by atoms with Gasteiger partial charge in [-0.1, -0.05) is 36.4 Å². The first-order valence-electron chi connectivity index (χ1n) is 15.3. The number of nitrogens with two attached hydrogens (primary N) is 1. The first-order chi connectivity index (χ1) is 20.8. The Balaban J connectivity index is 1.32. The highest BCUT2D eigenvalue weighted by molar-refractivity contribution is 5.77. The Bertz CT molecular complexity index is 1410. The molecule has 2 aromatic rings. The number of aromatic nitrogens is 2. The molecular formula is C34H46N6O4. The van der Waals surface area contributed by atoms with E-state index in [0.29, 0.717) is 18.8 Å². The van der Waals surface area contributed by atoms with Crippen LogP contribution in [0.15, 0.2) is 53.4 Å². The maximum atomic E-state index is 12.7. The number of carbonyl (C=O) groups excluding carboxylic acids is 2. The Morgan fingerprint density at radius 3 is 2.14 bits per heavy atom. The number of nitrogens with zero attached hydrogens (tertiary/aromatic N) is 4. The SMILES string of the molecule is CC(C)(C)OC(=O)N1CCCC1c1ncc(/C=C/c2ccc(/C=C/C(=C/N)/N=C/[C@@H]3CCCN3C(=O)OC(C)(C)C)cc2)[nH]1. The van der Waals surface area contributed by atoms with Crippen molar-refractivity contribution >= 4 is 36.6 Å². The summed E-state index contributed by atoms with van der Waals surface area (Å²) in [5.41, 5.74) is 8.26. The molecule has 3 N–H and O–H groups in total. The third-order valence-electron chi connectivity index (χ3n) is 7.14. The van der Waals surface area contributed by atoms with Gasteiger partial charge in [-0.3, -0.25) is 9.89 Å². The van der Waals surface area contributed by atoms with Crippen molar-refractivity contribution in [3.8, 4) is 0 Å². The van der Waals surface area contributed by atoms with Gasteiger partial charge >= 0.3 is 12.2 Å². The highest BCUT2D eigenvalue weighted by Gasteiger charge is 2.35. The first kappa shape index (κ1) is 32.6. The average molecular weight is 603 g/mol. The summed E-state index contributed by atoms with van der Waals surface area (Å²) in [5.74, 6) is 0.769. The lowest BCUT2D eigenvalue weighted by Crippen LogP contribution is -2.40. The van der Waals surface area contributed by atoms with Crippen molar-refractivity contribution < 1.29 is 19.1 Å². The van der Waals surface area contributed by atoms with E-state index in [-0.39, 0.29) is 24.3 Å². The zero-order valence-electron chi connectivity index (χ0n) is 26.7. The van der Waals surface area contributed by atoms with Crippen LogP contribution in [0.2, 0.25) is 0 Å². The molecule has 10 heteroatoms. The van der Waals surface area contributed by atoms with Gasteiger partial charge in [0, 0.05) is 25.5 Å². The predicted molar refractivity (Wildman–Crippen MR) is 175 cm³/mol. The number of hydrogen-bond acceptors (Lipinski definition) is 7. The van der Waals surface area contributed by atoms with E-state index in [9.17, 15) is 9.59 Å². The van der Waals surface area contributed by atoms with Crippen LogP contribution in [0.1, 0.15) is 95.9 Å². The van der Waals surface area contributed by atoms with Crippen LogP contribution >= 0.6 is 0 Å². The molecule has 4 rings (SSSR count). The van der Waals surface area contributed by atoms with Crippen molar-refractivity contribution in [3.63, 3.8) is 0 Å². The van der Waals surface area contributed by atoms with E-state index in [1.54, 1.807) is 22.2 Å². The summed E-state index contributed by atoms with van der Waals surface area (Å²) in [5, 5.41) is 0. The lowest BCUT2D eigenvalue weighted by atomic mass is 10.1. The number of likely N-dealkylation sites (tertiary alicyclic amines) is 2. The second-order valence-electron chi connectivity index (χ2n) is 13.1. The van der Waals surface area contributed by atoms with Crippen LogP contribution in [-0.4, -0.2) is 68.5 Å². The number of imidazole rings is 1. The van der Waals surface area contributed by atoms with Crippen LogP contribution in [0.3, 0.4) is 0 Å². The second kappa shape index (κ2) is 14.0. The second-order valence-corrected chi connectivity index (χ2v) is 13.1. The number of benzene rings is 1. The molecule has 1 aromatic heterocycles. The Morgan fingerprint density at radius 2 is 1.50 bits per heavy atom. The summed E-state index contributed by atoms with van der Waals surface area (Å²) in [6.45, 7) is 12.5. The molecule has 1 unspecified atom stereocenters. The molecule has 0 spiro atoms. The summed E-state index contributed by atoms with van der Waals surface area (Å²) >= 11 is 0. The molecule has 2 amide bonds. The molecule has 0 bridgehead atoms. The molecule has 2 aliphatic heterocycles. The first-order valence-corrected chi connectivity index (χ1v) is 15.3. The molecular weight excluding hydrogens is 556 g/mol. The van der Waals surface area contributed by atoms with Crippen molar-refractivity contribution in [1.29, 1.82) is 0 Å². The third-order valence-corrected chi connectivity index (χ3v) is 7.14. The van der Waals surface area contributed by atoms with Gasteiger partial charge in [-0.2, -0.15) is 0 Å². The van der Waals surface area contributed by atoms with Gasteiger partial charge in [-0.15, -0.1) is 0 Å². The summed E-state index contributed by atoms with van der Waals surface area (Å²) in [6.07, 6.45) is 15.7. The van der Waals surface area contributed by atoms with Gasteiger partial charge in [0.05, 0.1) is 29.7 Å². The van der Waals surface area contributed by atoms with Crippen molar-refractivity contribution in [2.45, 2.75) is 90.5 Å². The Morgan fingerprint density at radius 1 is 0.909 bits per heavy atom. The minimum atomic E-state index is -0.539. The van der Waals surface area contributed by atoms with E-state index in [2.05, 4.69) is 15.0 Å². The lowest BCUT2D eigenvalue weighted by molar-refractivity contribution is 0.0216. The number of H-pyrrole nitrogens is 1. The fourth-order valence-corrected chi connectivity index (χ4v) is 5.09. The van der Waals surface area contributed by atoms with Crippen LogP contribution < -0.4 is 5.73 Å². The number of amides is 2. The van der Waals surface area contributed by atoms with Gasteiger partial charge in [0.2, 0.25) is 0 Å². The Kier molecular flexibility index (Phi) is 10.3. The molecule has 0 radical (unpaired) electrons. The van der Waals surface area contributed by atoms with E-state index >= 15 is 0 Å². The molecule has 2 fully saturated rings. The smallest absolute Gasteiger partial charge is 0.410 e. The topological polar surface area (TPSA) is 126 Å². The van der Waals surface area contributed by atoms with E-state index in [0.717, 1.165) is 48.3 Å². The van der Waals surface area contributed by atoms with Gasteiger partial charge in [-0.05, 0) is 90.5 Å². The molecule has 10 nitrogen and oxygen atoms in total. The number of ether oxygens (including phenoxy) is 2. The molecule has 2 atom stereocenters. The highest BCUT2D eigenvalue weighted by Crippen LogP contribution is 2.31. The molecule has 236 valence electrons. The monoisotopic (exact) mass is 602 g/mol. The van der Waals surface area contributed by atoms with Crippen LogP contribution in [0.25, 0.3) is 18.2 Å². The number of aromatic amines is 1. The summed E-state index contributed by atoms with van der Waals surface area (Å²) in [4.78, 5) is 41.1. The van der Waals surface area contributed by atoms with Crippen molar-refractivity contribution in [1.82, 2.24) is 19.8 Å². The Labute approximate surface area is 260 Å². The highest BCUT2D eigenvalue weighted by atomic mass is 16.6. The number of nitrogens with one attached hydrogen (secondary N) is 1. The van der Waals surface area contributed by atoms with Crippen LogP contribution in [0, 0.1) is 0 Å². The van der Waals surface area contributed by atoms with Crippen LogP contribution in [-0.2, 0) is 9.47 Å². The number of rotatable bonds is 7. The fraction of sp³-hybridized carbons (Fsp3) is 0.471. The minimum Gasteiger partial charge on any atom is -0.444 e. The summed E-state index contributed by atoms with van der Waals surface area (Å²) in [7, 11) is 0. The molecule has 44 heavy (non-hydrogen) atoms. The van der Waals surface area contributed by atoms with Gasteiger partial charge in [0.25, 0.3) is 0 Å². The maximum Gasteiger partial charge on any atom is 0.410 e. The summed E-state index contributed by atoms with van der Waals surface area (Å²) in [6, 6.07) is 7.86. The normalized spacial score (nSPS) is 20.0. The number of aliphatic imine (C=N–C) groups is 1. The summed E-state index contributed by atoms with van der Waals surface area (Å²) < 4.78 is 11.1. The number of allylic oxidation sites excluding steroid dienone is 1. The van der Waals surface area contributed by atoms with Crippen LogP contribution in [0.4, 0.5) is 9.59 Å². The van der Waals surface area contributed by atoms with Gasteiger partial charge in [-0.25, -0.2) is 14.6 Å². The van der Waals surface area contributed by atoms with Crippen molar-refractivity contribution in [2.24, 2.45) is 10.7 Å². The molecule has 0 aliphatic carbocycles. The van der Waals surface area contributed by atoms with E-state index in [4.69, 9.17) is 15.2 Å². The number of hydrogen-bond donors (Lipinski definition) is 2. The predicted octanol–water partition coefficient (Wildman–Crippen LogP) is 6.94. The molecule has 3 heterocycles.